The number of anilines is 1. The average Bonchev–Trinajstić information content (AvgIpc) is 2.92. The Morgan fingerprint density at radius 3 is 2.38 bits per heavy atom. The third kappa shape index (κ3) is 4.24. The first-order valence-corrected chi connectivity index (χ1v) is 9.27. The number of nitrogens with one attached hydrogen (secondary N) is 1. The Labute approximate surface area is 154 Å². The van der Waals surface area contributed by atoms with Gasteiger partial charge in [0.05, 0.1) is 12.2 Å². The van der Waals surface area contributed by atoms with Crippen molar-refractivity contribution in [1.29, 1.82) is 0 Å². The van der Waals surface area contributed by atoms with Crippen molar-refractivity contribution in [2.24, 2.45) is 0 Å². The predicted molar refractivity (Wildman–Crippen MR) is 101 cm³/mol. The molecular weight excluding hydrogens is 390 g/mol. The molecule has 0 spiro atoms. The zero-order chi connectivity index (χ0) is 17.9. The van der Waals surface area contributed by atoms with Gasteiger partial charge in [-0.05, 0) is 47.5 Å². The highest BCUT2D eigenvalue weighted by molar-refractivity contribution is 9.10. The van der Waals surface area contributed by atoms with Crippen molar-refractivity contribution in [2.75, 3.05) is 11.9 Å². The van der Waals surface area contributed by atoms with E-state index in [1.54, 1.807) is 31.2 Å². The summed E-state index contributed by atoms with van der Waals surface area (Å²) < 4.78 is 6.08. The highest BCUT2D eigenvalue weighted by Gasteiger charge is 2.28. The van der Waals surface area contributed by atoms with Gasteiger partial charge in [0.1, 0.15) is 5.00 Å². The first kappa shape index (κ1) is 18.7. The number of esters is 1. The predicted octanol–water partition coefficient (Wildman–Crippen LogP) is 5.24. The van der Waals surface area contributed by atoms with E-state index in [0.29, 0.717) is 22.7 Å². The van der Waals surface area contributed by atoms with Gasteiger partial charge in [0, 0.05) is 10.0 Å². The molecule has 0 bridgehead atoms. The number of hydrogen-bond donors (Lipinski definition) is 1. The summed E-state index contributed by atoms with van der Waals surface area (Å²) in [5.41, 5.74) is 1.62. The van der Waals surface area contributed by atoms with E-state index >= 15 is 0 Å². The topological polar surface area (TPSA) is 55.4 Å². The normalized spacial score (nSPS) is 11.2. The molecule has 0 saturated carbocycles. The lowest BCUT2D eigenvalue weighted by molar-refractivity contribution is 0.0525. The van der Waals surface area contributed by atoms with E-state index < -0.39 is 5.97 Å². The van der Waals surface area contributed by atoms with Crippen LogP contribution in [0.15, 0.2) is 34.1 Å². The van der Waals surface area contributed by atoms with Crippen LogP contribution in [0.25, 0.3) is 0 Å². The molecule has 1 heterocycles. The summed E-state index contributed by atoms with van der Waals surface area (Å²) in [5.74, 6) is -0.662. The lowest BCUT2D eigenvalue weighted by Crippen LogP contribution is -2.19. The molecule has 0 saturated heterocycles. The van der Waals surface area contributed by atoms with E-state index in [2.05, 4.69) is 21.2 Å². The molecule has 2 aromatic rings. The van der Waals surface area contributed by atoms with Crippen molar-refractivity contribution in [3.63, 3.8) is 0 Å². The fourth-order valence-electron chi connectivity index (χ4n) is 2.18. The van der Waals surface area contributed by atoms with Crippen LogP contribution >= 0.6 is 27.3 Å². The molecule has 0 unspecified atom stereocenters. The van der Waals surface area contributed by atoms with Gasteiger partial charge in [0.15, 0.2) is 0 Å². The number of benzene rings is 1. The van der Waals surface area contributed by atoms with E-state index in [-0.39, 0.29) is 11.3 Å². The minimum atomic E-state index is -0.408. The third-order valence-corrected chi connectivity index (χ3v) is 4.84. The van der Waals surface area contributed by atoms with Crippen LogP contribution in [0.2, 0.25) is 0 Å². The zero-order valence-electron chi connectivity index (χ0n) is 14.1. The SMILES string of the molecule is CCOC(=O)c1c(C(C)(C)C)csc1NC(=O)c1ccc(Br)cc1. The second-order valence-corrected chi connectivity index (χ2v) is 8.08. The van der Waals surface area contributed by atoms with Gasteiger partial charge < -0.3 is 10.1 Å². The maximum Gasteiger partial charge on any atom is 0.341 e. The zero-order valence-corrected chi connectivity index (χ0v) is 16.5. The van der Waals surface area contributed by atoms with E-state index in [1.165, 1.54) is 11.3 Å². The minimum absolute atomic E-state index is 0.223. The van der Waals surface area contributed by atoms with Gasteiger partial charge in [-0.1, -0.05) is 36.7 Å². The molecule has 24 heavy (non-hydrogen) atoms. The number of thiophene rings is 1. The molecule has 1 amide bonds. The van der Waals surface area contributed by atoms with Gasteiger partial charge in [-0.15, -0.1) is 11.3 Å². The van der Waals surface area contributed by atoms with Gasteiger partial charge in [-0.2, -0.15) is 0 Å². The van der Waals surface area contributed by atoms with Crippen LogP contribution in [0.5, 0.6) is 0 Å². The summed E-state index contributed by atoms with van der Waals surface area (Å²) in [4.78, 5) is 24.8. The number of hydrogen-bond acceptors (Lipinski definition) is 4. The maximum absolute atomic E-state index is 12.4. The Kier molecular flexibility index (Phi) is 5.83. The summed E-state index contributed by atoms with van der Waals surface area (Å²) in [6.07, 6.45) is 0. The number of carbonyl (C=O) groups is 2. The number of ether oxygens (including phenoxy) is 1. The lowest BCUT2D eigenvalue weighted by atomic mass is 9.86. The van der Waals surface area contributed by atoms with Crippen LogP contribution in [-0.4, -0.2) is 18.5 Å². The van der Waals surface area contributed by atoms with E-state index in [0.717, 1.165) is 10.0 Å². The van der Waals surface area contributed by atoms with Crippen LogP contribution in [-0.2, 0) is 10.2 Å². The molecule has 0 fully saturated rings. The molecular formula is C18H20BrNO3S. The molecule has 1 aromatic heterocycles. The second kappa shape index (κ2) is 7.49. The maximum atomic E-state index is 12.4. The van der Waals surface area contributed by atoms with E-state index in [9.17, 15) is 9.59 Å². The van der Waals surface area contributed by atoms with Crippen molar-refractivity contribution in [1.82, 2.24) is 0 Å². The highest BCUT2D eigenvalue weighted by Crippen LogP contribution is 2.36. The molecule has 0 aliphatic heterocycles. The smallest absolute Gasteiger partial charge is 0.341 e. The summed E-state index contributed by atoms with van der Waals surface area (Å²) in [6.45, 7) is 8.13. The first-order valence-electron chi connectivity index (χ1n) is 7.60. The van der Waals surface area contributed by atoms with Gasteiger partial charge in [0.25, 0.3) is 5.91 Å². The minimum Gasteiger partial charge on any atom is -0.462 e. The molecule has 1 N–H and O–H groups in total. The van der Waals surface area contributed by atoms with Crippen molar-refractivity contribution in [3.05, 3.63) is 50.8 Å². The largest absolute Gasteiger partial charge is 0.462 e. The summed E-state index contributed by atoms with van der Waals surface area (Å²) >= 11 is 4.68. The second-order valence-electron chi connectivity index (χ2n) is 6.28. The first-order chi connectivity index (χ1) is 11.2. The van der Waals surface area contributed by atoms with Crippen LogP contribution in [0.3, 0.4) is 0 Å². The number of carbonyl (C=O) groups excluding carboxylic acids is 2. The quantitative estimate of drug-likeness (QED) is 0.702. The standard InChI is InChI=1S/C18H20BrNO3S/c1-5-23-17(22)14-13(18(2,3)4)10-24-16(14)20-15(21)11-6-8-12(19)9-7-11/h6-10H,5H2,1-4H3,(H,20,21). The van der Waals surface area contributed by atoms with Crippen LogP contribution in [0.4, 0.5) is 5.00 Å². The summed E-state index contributed by atoms with van der Waals surface area (Å²) in [6, 6.07) is 7.05. The summed E-state index contributed by atoms with van der Waals surface area (Å²) in [5, 5.41) is 5.27. The monoisotopic (exact) mass is 409 g/mol. The van der Waals surface area contributed by atoms with Gasteiger partial charge >= 0.3 is 5.97 Å². The molecule has 6 heteroatoms. The molecule has 0 aliphatic rings. The number of rotatable bonds is 4. The molecule has 1 aromatic carbocycles. The van der Waals surface area contributed by atoms with Crippen LogP contribution in [0.1, 0.15) is 54.0 Å². The lowest BCUT2D eigenvalue weighted by Gasteiger charge is -2.19. The number of amides is 1. The molecule has 0 aliphatic carbocycles. The Morgan fingerprint density at radius 1 is 1.21 bits per heavy atom. The summed E-state index contributed by atoms with van der Waals surface area (Å²) in [7, 11) is 0. The Balaban J connectivity index is 2.36. The van der Waals surface area contributed by atoms with Gasteiger partial charge in [0.2, 0.25) is 0 Å². The fourth-order valence-corrected chi connectivity index (χ4v) is 3.62. The van der Waals surface area contributed by atoms with Crippen molar-refractivity contribution in [3.8, 4) is 0 Å². The third-order valence-electron chi connectivity index (χ3n) is 3.41. The van der Waals surface area contributed by atoms with E-state index in [1.807, 2.05) is 26.2 Å². The fraction of sp³-hybridized carbons (Fsp3) is 0.333. The Morgan fingerprint density at radius 2 is 1.83 bits per heavy atom. The molecule has 0 atom stereocenters. The van der Waals surface area contributed by atoms with Crippen LogP contribution in [0, 0.1) is 0 Å². The van der Waals surface area contributed by atoms with E-state index in [4.69, 9.17) is 4.74 Å². The van der Waals surface area contributed by atoms with Crippen molar-refractivity contribution in [2.45, 2.75) is 33.1 Å². The highest BCUT2D eigenvalue weighted by atomic mass is 79.9. The molecule has 128 valence electrons. The molecule has 0 radical (unpaired) electrons. The van der Waals surface area contributed by atoms with Gasteiger partial charge in [-0.3, -0.25) is 4.79 Å². The van der Waals surface area contributed by atoms with Gasteiger partial charge in [-0.25, -0.2) is 4.79 Å². The Bertz CT molecular complexity index is 745. The van der Waals surface area contributed by atoms with Crippen molar-refractivity contribution < 1.29 is 14.3 Å². The average molecular weight is 410 g/mol. The molecule has 2 rings (SSSR count). The van der Waals surface area contributed by atoms with Crippen molar-refractivity contribution >= 4 is 44.1 Å². The molecule has 4 nitrogen and oxygen atoms in total. The number of halogens is 1. The Hall–Kier alpha value is -1.66. The van der Waals surface area contributed by atoms with Crippen LogP contribution < -0.4 is 5.32 Å².